The van der Waals surface area contributed by atoms with Gasteiger partial charge in [0, 0.05) is 23.2 Å². The van der Waals surface area contributed by atoms with E-state index in [4.69, 9.17) is 22.1 Å². The van der Waals surface area contributed by atoms with Crippen molar-refractivity contribution in [2.24, 2.45) is 5.73 Å². The lowest BCUT2D eigenvalue weighted by Crippen LogP contribution is -2.04. The second-order valence-corrected chi connectivity index (χ2v) is 5.74. The molecule has 0 spiro atoms. The lowest BCUT2D eigenvalue weighted by atomic mass is 10.1. The summed E-state index contributed by atoms with van der Waals surface area (Å²) in [5, 5.41) is 11.4. The molecule has 2 rings (SSSR count). The van der Waals surface area contributed by atoms with Crippen LogP contribution in [0.25, 0.3) is 0 Å². The molecule has 1 atom stereocenters. The lowest BCUT2D eigenvalue weighted by molar-refractivity contribution is -0.385. The summed E-state index contributed by atoms with van der Waals surface area (Å²) < 4.78 is 6.26. The number of nitrogens with zero attached hydrogens (tertiary/aromatic N) is 1. The number of benzene rings is 2. The number of hydrogen-bond acceptors (Lipinski definition) is 4. The summed E-state index contributed by atoms with van der Waals surface area (Å²) >= 11 is 9.23. The summed E-state index contributed by atoms with van der Waals surface area (Å²) in [4.78, 5) is 10.5. The van der Waals surface area contributed by atoms with E-state index in [1.165, 1.54) is 18.2 Å². The standard InChI is InChI=1S/C14H12BrClN2O3/c1-8(17)9-2-5-13(11(15)6-9)21-14-7-10(16)3-4-12(14)18(19)20/h2-8H,17H2,1H3. The van der Waals surface area contributed by atoms with E-state index < -0.39 is 4.92 Å². The van der Waals surface area contributed by atoms with E-state index in [9.17, 15) is 10.1 Å². The number of nitrogens with two attached hydrogens (primary N) is 1. The molecule has 2 N–H and O–H groups in total. The van der Waals surface area contributed by atoms with Gasteiger partial charge in [-0.15, -0.1) is 0 Å². The summed E-state index contributed by atoms with van der Waals surface area (Å²) in [6, 6.07) is 9.37. The third-order valence-electron chi connectivity index (χ3n) is 2.82. The first kappa shape index (κ1) is 15.8. The fourth-order valence-electron chi connectivity index (χ4n) is 1.72. The molecule has 0 saturated heterocycles. The number of ether oxygens (including phenoxy) is 1. The molecule has 0 aromatic heterocycles. The van der Waals surface area contributed by atoms with E-state index in [2.05, 4.69) is 15.9 Å². The molecular formula is C14H12BrClN2O3. The SMILES string of the molecule is CC(N)c1ccc(Oc2cc(Cl)ccc2[N+](=O)[O-])c(Br)c1. The Balaban J connectivity index is 2.38. The number of hydrogen-bond donors (Lipinski definition) is 1. The molecule has 0 amide bonds. The Bertz CT molecular complexity index is 692. The minimum absolute atomic E-state index is 0.0850. The zero-order chi connectivity index (χ0) is 15.6. The van der Waals surface area contributed by atoms with Gasteiger partial charge in [-0.2, -0.15) is 0 Å². The van der Waals surface area contributed by atoms with Crippen molar-refractivity contribution >= 4 is 33.2 Å². The molecule has 0 aliphatic rings. The summed E-state index contributed by atoms with van der Waals surface area (Å²) in [6.45, 7) is 1.87. The van der Waals surface area contributed by atoms with Crippen molar-refractivity contribution in [2.75, 3.05) is 0 Å². The predicted octanol–water partition coefficient (Wildman–Crippen LogP) is 4.82. The molecule has 2 aromatic rings. The second-order valence-electron chi connectivity index (χ2n) is 4.45. The first-order valence-corrected chi connectivity index (χ1v) is 7.22. The van der Waals surface area contributed by atoms with Crippen LogP contribution >= 0.6 is 27.5 Å². The molecule has 7 heteroatoms. The molecule has 5 nitrogen and oxygen atoms in total. The molecule has 0 aliphatic carbocycles. The number of nitro groups is 1. The molecule has 1 unspecified atom stereocenters. The van der Waals surface area contributed by atoms with Crippen molar-refractivity contribution in [1.29, 1.82) is 0 Å². The molecule has 0 fully saturated rings. The van der Waals surface area contributed by atoms with Gasteiger partial charge >= 0.3 is 5.69 Å². The smallest absolute Gasteiger partial charge is 0.311 e. The van der Waals surface area contributed by atoms with Crippen molar-refractivity contribution in [3.8, 4) is 11.5 Å². The number of nitro benzene ring substituents is 1. The largest absolute Gasteiger partial charge is 0.449 e. The van der Waals surface area contributed by atoms with E-state index in [1.807, 2.05) is 13.0 Å². The third-order valence-corrected chi connectivity index (χ3v) is 3.67. The van der Waals surface area contributed by atoms with Crippen LogP contribution in [-0.4, -0.2) is 4.92 Å². The molecule has 0 bridgehead atoms. The minimum Gasteiger partial charge on any atom is -0.449 e. The molecule has 0 saturated carbocycles. The predicted molar refractivity (Wildman–Crippen MR) is 84.9 cm³/mol. The summed E-state index contributed by atoms with van der Waals surface area (Å²) in [6.07, 6.45) is 0. The van der Waals surface area contributed by atoms with Crippen molar-refractivity contribution in [3.05, 3.63) is 61.6 Å². The van der Waals surface area contributed by atoms with Gasteiger partial charge in [-0.1, -0.05) is 17.7 Å². The van der Waals surface area contributed by atoms with Crippen LogP contribution in [0.5, 0.6) is 11.5 Å². The fourth-order valence-corrected chi connectivity index (χ4v) is 2.36. The number of halogens is 2. The van der Waals surface area contributed by atoms with E-state index >= 15 is 0 Å². The monoisotopic (exact) mass is 370 g/mol. The van der Waals surface area contributed by atoms with Crippen molar-refractivity contribution in [2.45, 2.75) is 13.0 Å². The molecule has 2 aromatic carbocycles. The maximum atomic E-state index is 11.0. The topological polar surface area (TPSA) is 78.4 Å². The number of rotatable bonds is 4. The van der Waals surface area contributed by atoms with Crippen LogP contribution in [-0.2, 0) is 0 Å². The first-order chi connectivity index (χ1) is 9.88. The van der Waals surface area contributed by atoms with Crippen LogP contribution in [0.15, 0.2) is 40.9 Å². The molecule has 0 heterocycles. The van der Waals surface area contributed by atoms with E-state index in [0.717, 1.165) is 5.56 Å². The molecule has 0 aliphatic heterocycles. The van der Waals surface area contributed by atoms with Crippen LogP contribution in [0.1, 0.15) is 18.5 Å². The Morgan fingerprint density at radius 3 is 2.57 bits per heavy atom. The summed E-state index contributed by atoms with van der Waals surface area (Å²) in [7, 11) is 0. The van der Waals surface area contributed by atoms with Gasteiger partial charge in [0.1, 0.15) is 5.75 Å². The Kier molecular flexibility index (Phi) is 4.82. The molecule has 0 radical (unpaired) electrons. The maximum absolute atomic E-state index is 11.0. The van der Waals surface area contributed by atoms with Gasteiger partial charge in [-0.05, 0) is 46.6 Å². The van der Waals surface area contributed by atoms with Gasteiger partial charge in [0.25, 0.3) is 0 Å². The van der Waals surface area contributed by atoms with E-state index in [0.29, 0.717) is 15.2 Å². The third kappa shape index (κ3) is 3.72. The Morgan fingerprint density at radius 2 is 2.00 bits per heavy atom. The van der Waals surface area contributed by atoms with Crippen LogP contribution in [0.2, 0.25) is 5.02 Å². The fraction of sp³-hybridized carbons (Fsp3) is 0.143. The summed E-state index contributed by atoms with van der Waals surface area (Å²) in [5.74, 6) is 0.534. The molecule has 110 valence electrons. The highest BCUT2D eigenvalue weighted by molar-refractivity contribution is 9.10. The van der Waals surface area contributed by atoms with E-state index in [-0.39, 0.29) is 17.5 Å². The Morgan fingerprint density at radius 1 is 1.29 bits per heavy atom. The molecular weight excluding hydrogens is 360 g/mol. The van der Waals surface area contributed by atoms with Gasteiger partial charge in [-0.25, -0.2) is 0 Å². The van der Waals surface area contributed by atoms with Crippen LogP contribution in [0, 0.1) is 10.1 Å². The van der Waals surface area contributed by atoms with Gasteiger partial charge in [0.2, 0.25) is 5.75 Å². The second kappa shape index (κ2) is 6.43. The quantitative estimate of drug-likeness (QED) is 0.617. The Labute approximate surface area is 134 Å². The zero-order valence-corrected chi connectivity index (χ0v) is 13.4. The highest BCUT2D eigenvalue weighted by Crippen LogP contribution is 2.37. The van der Waals surface area contributed by atoms with Gasteiger partial charge < -0.3 is 10.5 Å². The highest BCUT2D eigenvalue weighted by Gasteiger charge is 2.17. The maximum Gasteiger partial charge on any atom is 0.311 e. The lowest BCUT2D eigenvalue weighted by Gasteiger charge is -2.11. The van der Waals surface area contributed by atoms with Gasteiger partial charge in [0.15, 0.2) is 0 Å². The minimum atomic E-state index is -0.518. The van der Waals surface area contributed by atoms with E-state index in [1.54, 1.807) is 12.1 Å². The average Bonchev–Trinajstić information content (AvgIpc) is 2.40. The highest BCUT2D eigenvalue weighted by atomic mass is 79.9. The van der Waals surface area contributed by atoms with Crippen LogP contribution in [0.3, 0.4) is 0 Å². The average molecular weight is 372 g/mol. The van der Waals surface area contributed by atoms with Crippen molar-refractivity contribution in [3.63, 3.8) is 0 Å². The molecule has 21 heavy (non-hydrogen) atoms. The van der Waals surface area contributed by atoms with Crippen LogP contribution < -0.4 is 10.5 Å². The summed E-state index contributed by atoms with van der Waals surface area (Å²) in [5.41, 5.74) is 6.58. The van der Waals surface area contributed by atoms with Gasteiger partial charge in [-0.3, -0.25) is 10.1 Å². The van der Waals surface area contributed by atoms with Crippen LogP contribution in [0.4, 0.5) is 5.69 Å². The first-order valence-electron chi connectivity index (χ1n) is 6.05. The Hall–Kier alpha value is -1.63. The van der Waals surface area contributed by atoms with Crippen molar-refractivity contribution < 1.29 is 9.66 Å². The van der Waals surface area contributed by atoms with Gasteiger partial charge in [0.05, 0.1) is 9.40 Å². The van der Waals surface area contributed by atoms with Crippen molar-refractivity contribution in [1.82, 2.24) is 0 Å². The normalized spacial score (nSPS) is 12.0. The zero-order valence-electron chi connectivity index (χ0n) is 11.0.